The van der Waals surface area contributed by atoms with Crippen LogP contribution in [0.5, 0.6) is 0 Å². The minimum absolute atomic E-state index is 0.0397. The molecule has 0 saturated heterocycles. The summed E-state index contributed by atoms with van der Waals surface area (Å²) >= 11 is 0. The summed E-state index contributed by atoms with van der Waals surface area (Å²) in [6.45, 7) is 2.07. The second-order valence-corrected chi connectivity index (χ2v) is 6.03. The molecule has 1 atom stereocenters. The number of carbonyl (C=O) groups excluding carboxylic acids is 1. The third kappa shape index (κ3) is 2.29. The molecule has 102 valence electrons. The van der Waals surface area contributed by atoms with Gasteiger partial charge in [-0.3, -0.25) is 0 Å². The van der Waals surface area contributed by atoms with Gasteiger partial charge in [-0.25, -0.2) is 4.79 Å². The highest BCUT2D eigenvalue weighted by Crippen LogP contribution is 2.43. The van der Waals surface area contributed by atoms with Crippen molar-refractivity contribution in [3.8, 4) is 0 Å². The highest BCUT2D eigenvalue weighted by molar-refractivity contribution is 5.96. The van der Waals surface area contributed by atoms with Crippen molar-refractivity contribution in [3.63, 3.8) is 0 Å². The lowest BCUT2D eigenvalue weighted by Gasteiger charge is -2.34. The molecule has 0 bridgehead atoms. The molecule has 0 amide bonds. The fraction of sp³-hybridized carbons (Fsp3) is 0.588. The molecule has 3 aliphatic rings. The molecule has 1 saturated carbocycles. The lowest BCUT2D eigenvalue weighted by molar-refractivity contribution is -0.139. The summed E-state index contributed by atoms with van der Waals surface area (Å²) in [4.78, 5) is 11.8. The molecule has 0 aromatic rings. The van der Waals surface area contributed by atoms with Crippen LogP contribution in [0.3, 0.4) is 0 Å². The van der Waals surface area contributed by atoms with Crippen molar-refractivity contribution in [2.75, 3.05) is 0 Å². The van der Waals surface area contributed by atoms with Crippen molar-refractivity contribution < 1.29 is 9.53 Å². The molecule has 2 nitrogen and oxygen atoms in total. The van der Waals surface area contributed by atoms with Gasteiger partial charge in [-0.2, -0.15) is 0 Å². The Bertz CT molecular complexity index is 462. The van der Waals surface area contributed by atoms with Crippen molar-refractivity contribution in [1.82, 2.24) is 0 Å². The van der Waals surface area contributed by atoms with Gasteiger partial charge in [0.25, 0.3) is 0 Å². The normalized spacial score (nSPS) is 32.5. The molecule has 0 N–H and O–H groups in total. The summed E-state index contributed by atoms with van der Waals surface area (Å²) in [7, 11) is 0. The van der Waals surface area contributed by atoms with E-state index < -0.39 is 0 Å². The van der Waals surface area contributed by atoms with Gasteiger partial charge in [-0.1, -0.05) is 50.5 Å². The minimum atomic E-state index is -0.151. The van der Waals surface area contributed by atoms with Crippen molar-refractivity contribution in [1.29, 1.82) is 0 Å². The van der Waals surface area contributed by atoms with Gasteiger partial charge in [0.05, 0.1) is 5.57 Å². The van der Waals surface area contributed by atoms with E-state index in [2.05, 4.69) is 25.2 Å². The maximum atomic E-state index is 11.8. The largest absolute Gasteiger partial charge is 0.454 e. The quantitative estimate of drug-likeness (QED) is 0.662. The van der Waals surface area contributed by atoms with Gasteiger partial charge in [0.2, 0.25) is 0 Å². The number of hydrogen-bond acceptors (Lipinski definition) is 2. The zero-order valence-corrected chi connectivity index (χ0v) is 11.7. The zero-order chi connectivity index (χ0) is 13.3. The highest BCUT2D eigenvalue weighted by atomic mass is 16.5. The average molecular weight is 258 g/mol. The fourth-order valence-electron chi connectivity index (χ4n) is 3.58. The van der Waals surface area contributed by atoms with E-state index in [4.69, 9.17) is 4.74 Å². The SMILES string of the molecule is CCC1OC(=O)C2=C1/C=C\C1(C/C=C\2)CCCCC1. The van der Waals surface area contributed by atoms with E-state index in [-0.39, 0.29) is 12.1 Å². The maximum absolute atomic E-state index is 11.8. The first-order chi connectivity index (χ1) is 9.24. The molecule has 2 aliphatic carbocycles. The van der Waals surface area contributed by atoms with Gasteiger partial charge in [-0.05, 0) is 31.1 Å². The molecule has 1 heterocycles. The molecule has 1 fully saturated rings. The Balaban J connectivity index is 1.94. The monoisotopic (exact) mass is 258 g/mol. The van der Waals surface area contributed by atoms with Gasteiger partial charge in [0.1, 0.15) is 6.10 Å². The summed E-state index contributed by atoms with van der Waals surface area (Å²) < 4.78 is 5.43. The molecular formula is C17H22O2. The van der Waals surface area contributed by atoms with Gasteiger partial charge >= 0.3 is 5.97 Å². The molecule has 19 heavy (non-hydrogen) atoms. The van der Waals surface area contributed by atoms with Crippen molar-refractivity contribution in [3.05, 3.63) is 35.5 Å². The molecule has 0 aromatic carbocycles. The van der Waals surface area contributed by atoms with E-state index in [1.54, 1.807) is 0 Å². The molecule has 0 aromatic heterocycles. The second kappa shape index (κ2) is 4.99. The molecule has 1 unspecified atom stereocenters. The number of hydrogen-bond donors (Lipinski definition) is 0. The summed E-state index contributed by atoms with van der Waals surface area (Å²) in [6.07, 6.45) is 17.2. The topological polar surface area (TPSA) is 26.3 Å². The third-order valence-corrected chi connectivity index (χ3v) is 4.77. The van der Waals surface area contributed by atoms with Crippen LogP contribution >= 0.6 is 0 Å². The molecule has 1 aliphatic heterocycles. The molecule has 2 heteroatoms. The van der Waals surface area contributed by atoms with E-state index in [1.165, 1.54) is 32.1 Å². The van der Waals surface area contributed by atoms with Crippen molar-refractivity contribution >= 4 is 5.97 Å². The van der Waals surface area contributed by atoms with Crippen LogP contribution < -0.4 is 0 Å². The first kappa shape index (κ1) is 12.7. The lowest BCUT2D eigenvalue weighted by Crippen LogP contribution is -2.21. The number of esters is 1. The molecule has 0 radical (unpaired) electrons. The van der Waals surface area contributed by atoms with Crippen LogP contribution in [0, 0.1) is 5.41 Å². The van der Waals surface area contributed by atoms with E-state index in [0.717, 1.165) is 24.0 Å². The van der Waals surface area contributed by atoms with Crippen LogP contribution in [0.15, 0.2) is 35.5 Å². The number of cyclic esters (lactones) is 1. The van der Waals surface area contributed by atoms with Gasteiger partial charge in [0, 0.05) is 5.57 Å². The van der Waals surface area contributed by atoms with Crippen LogP contribution in [0.4, 0.5) is 0 Å². The van der Waals surface area contributed by atoms with E-state index >= 15 is 0 Å². The predicted octanol–water partition coefficient (Wildman–Crippen LogP) is 4.09. The standard InChI is InChI=1S/C17H22O2/c1-2-15-13-8-12-17(9-4-3-5-10-17)11-6-7-14(13)16(18)19-15/h6-8,12,15H,2-5,9-11H2,1H3/b7-6-,12-8-. The first-order valence-electron chi connectivity index (χ1n) is 7.55. The van der Waals surface area contributed by atoms with E-state index in [0.29, 0.717) is 5.41 Å². The Labute approximate surface area is 115 Å². The molecule has 1 spiro atoms. The van der Waals surface area contributed by atoms with Crippen molar-refractivity contribution in [2.24, 2.45) is 5.41 Å². The lowest BCUT2D eigenvalue weighted by atomic mass is 9.70. The Morgan fingerprint density at radius 2 is 2.05 bits per heavy atom. The van der Waals surface area contributed by atoms with Crippen LogP contribution in [0.1, 0.15) is 51.9 Å². The number of ether oxygens (including phenoxy) is 1. The van der Waals surface area contributed by atoms with E-state index in [1.807, 2.05) is 6.08 Å². The van der Waals surface area contributed by atoms with Crippen LogP contribution in [0.2, 0.25) is 0 Å². The molecule has 3 rings (SSSR count). The first-order valence-corrected chi connectivity index (χ1v) is 7.55. The Hall–Kier alpha value is -1.31. The highest BCUT2D eigenvalue weighted by Gasteiger charge is 2.34. The van der Waals surface area contributed by atoms with Crippen molar-refractivity contribution in [2.45, 2.75) is 58.0 Å². The van der Waals surface area contributed by atoms with Crippen LogP contribution in [-0.2, 0) is 9.53 Å². The Morgan fingerprint density at radius 1 is 1.26 bits per heavy atom. The summed E-state index contributed by atoms with van der Waals surface area (Å²) in [5.41, 5.74) is 2.19. The third-order valence-electron chi connectivity index (χ3n) is 4.77. The van der Waals surface area contributed by atoms with Crippen LogP contribution in [0.25, 0.3) is 0 Å². The zero-order valence-electron chi connectivity index (χ0n) is 11.7. The Kier molecular flexibility index (Phi) is 3.34. The fourth-order valence-corrected chi connectivity index (χ4v) is 3.58. The average Bonchev–Trinajstić information content (AvgIpc) is 2.71. The van der Waals surface area contributed by atoms with Gasteiger partial charge in [0.15, 0.2) is 0 Å². The maximum Gasteiger partial charge on any atom is 0.339 e. The predicted molar refractivity (Wildman–Crippen MR) is 75.6 cm³/mol. The van der Waals surface area contributed by atoms with Gasteiger partial charge < -0.3 is 4.74 Å². The summed E-state index contributed by atoms with van der Waals surface area (Å²) in [5, 5.41) is 0. The minimum Gasteiger partial charge on any atom is -0.454 e. The molecular weight excluding hydrogens is 236 g/mol. The number of carbonyl (C=O) groups is 1. The van der Waals surface area contributed by atoms with Crippen LogP contribution in [-0.4, -0.2) is 12.1 Å². The second-order valence-electron chi connectivity index (χ2n) is 6.03. The smallest absolute Gasteiger partial charge is 0.339 e. The summed E-state index contributed by atoms with van der Waals surface area (Å²) in [5.74, 6) is -0.151. The van der Waals surface area contributed by atoms with E-state index in [9.17, 15) is 4.79 Å². The number of rotatable bonds is 1. The number of allylic oxidation sites excluding steroid dienone is 2. The Morgan fingerprint density at radius 3 is 2.79 bits per heavy atom. The summed E-state index contributed by atoms with van der Waals surface area (Å²) in [6, 6.07) is 0. The van der Waals surface area contributed by atoms with Gasteiger partial charge in [-0.15, -0.1) is 0 Å².